The molecular weight excluding hydrogens is 280 g/mol. The number of hydrogen-bond donors (Lipinski definition) is 1. The van der Waals surface area contributed by atoms with Crippen LogP contribution in [0.1, 0.15) is 13.8 Å². The summed E-state index contributed by atoms with van der Waals surface area (Å²) in [6.07, 6.45) is 0. The van der Waals surface area contributed by atoms with E-state index in [9.17, 15) is 4.79 Å². The summed E-state index contributed by atoms with van der Waals surface area (Å²) < 4.78 is 0.735. The molecule has 1 aliphatic heterocycles. The third-order valence-electron chi connectivity index (χ3n) is 2.47. The molecule has 1 amide bonds. The molecule has 1 aliphatic rings. The number of aromatic nitrogens is 2. The monoisotopic (exact) mass is 290 g/mol. The van der Waals surface area contributed by atoms with Crippen LogP contribution in [0.5, 0.6) is 0 Å². The van der Waals surface area contributed by atoms with Crippen molar-refractivity contribution < 1.29 is 4.79 Å². The van der Waals surface area contributed by atoms with Crippen molar-refractivity contribution >= 4 is 38.3 Å². The highest BCUT2D eigenvalue weighted by molar-refractivity contribution is 9.11. The van der Waals surface area contributed by atoms with E-state index in [0.717, 1.165) is 15.6 Å². The number of halogens is 1. The number of rotatable bonds is 1. The van der Waals surface area contributed by atoms with Crippen LogP contribution < -0.4 is 10.2 Å². The Morgan fingerprint density at radius 2 is 2.27 bits per heavy atom. The topological polar surface area (TPSA) is 58.1 Å². The first-order valence-electron chi connectivity index (χ1n) is 4.57. The van der Waals surface area contributed by atoms with E-state index in [1.54, 1.807) is 0 Å². The summed E-state index contributed by atoms with van der Waals surface area (Å²) >= 11 is 4.71. The number of nitrogens with zero attached hydrogens (tertiary/aromatic N) is 3. The molecule has 0 aliphatic carbocycles. The average Bonchev–Trinajstić information content (AvgIpc) is 2.56. The van der Waals surface area contributed by atoms with Gasteiger partial charge in [0, 0.05) is 13.1 Å². The van der Waals surface area contributed by atoms with E-state index in [0.29, 0.717) is 6.54 Å². The van der Waals surface area contributed by atoms with E-state index in [-0.39, 0.29) is 5.91 Å². The maximum absolute atomic E-state index is 11.7. The van der Waals surface area contributed by atoms with E-state index in [1.807, 2.05) is 18.7 Å². The largest absolute Gasteiger partial charge is 0.352 e. The van der Waals surface area contributed by atoms with E-state index in [1.165, 1.54) is 11.3 Å². The zero-order valence-corrected chi connectivity index (χ0v) is 10.9. The minimum Gasteiger partial charge on any atom is -0.352 e. The first-order chi connectivity index (χ1) is 7.01. The summed E-state index contributed by atoms with van der Waals surface area (Å²) in [5.41, 5.74) is -0.558. The van der Waals surface area contributed by atoms with Gasteiger partial charge >= 0.3 is 0 Å². The second-order valence-corrected chi connectivity index (χ2v) is 6.04. The fraction of sp³-hybridized carbons (Fsp3) is 0.625. The van der Waals surface area contributed by atoms with Crippen LogP contribution in [0.2, 0.25) is 0 Å². The lowest BCUT2D eigenvalue weighted by Gasteiger charge is -2.40. The fourth-order valence-corrected chi connectivity index (χ4v) is 2.80. The van der Waals surface area contributed by atoms with Crippen molar-refractivity contribution in [1.29, 1.82) is 0 Å². The number of amides is 1. The normalized spacial score (nSPS) is 20.2. The summed E-state index contributed by atoms with van der Waals surface area (Å²) in [7, 11) is 0. The number of anilines is 1. The Hall–Kier alpha value is -0.690. The number of piperazine rings is 1. The van der Waals surface area contributed by atoms with E-state index in [2.05, 4.69) is 31.4 Å². The van der Waals surface area contributed by atoms with Crippen LogP contribution in [0.4, 0.5) is 5.13 Å². The van der Waals surface area contributed by atoms with Crippen molar-refractivity contribution in [2.45, 2.75) is 19.4 Å². The molecule has 1 fully saturated rings. The number of carbonyl (C=O) groups is 1. The van der Waals surface area contributed by atoms with Gasteiger partial charge in [0.1, 0.15) is 5.54 Å². The third kappa shape index (κ3) is 1.85. The Labute approximate surface area is 100 Å². The molecule has 0 unspecified atom stereocenters. The molecule has 2 heterocycles. The molecule has 0 saturated carbocycles. The highest BCUT2D eigenvalue weighted by Crippen LogP contribution is 2.30. The molecule has 15 heavy (non-hydrogen) atoms. The van der Waals surface area contributed by atoms with Crippen molar-refractivity contribution in [3.63, 3.8) is 0 Å². The standard InChI is InChI=1S/C8H11BrN4OS/c1-8(2)5(14)10-3-4-13(8)7-12-11-6(9)15-7/h3-4H2,1-2H3,(H,10,14). The van der Waals surface area contributed by atoms with Crippen molar-refractivity contribution in [2.24, 2.45) is 0 Å². The fourth-order valence-electron chi connectivity index (χ4n) is 1.54. The molecule has 0 bridgehead atoms. The van der Waals surface area contributed by atoms with Crippen LogP contribution in [-0.4, -0.2) is 34.7 Å². The molecule has 0 atom stereocenters. The third-order valence-corrected chi connectivity index (χ3v) is 3.85. The van der Waals surface area contributed by atoms with Crippen LogP contribution in [0.25, 0.3) is 0 Å². The summed E-state index contributed by atoms with van der Waals surface area (Å²) in [6, 6.07) is 0. The van der Waals surface area contributed by atoms with E-state index in [4.69, 9.17) is 0 Å². The van der Waals surface area contributed by atoms with E-state index >= 15 is 0 Å². The maximum atomic E-state index is 11.7. The maximum Gasteiger partial charge on any atom is 0.245 e. The minimum atomic E-state index is -0.558. The van der Waals surface area contributed by atoms with Crippen molar-refractivity contribution in [3.05, 3.63) is 3.92 Å². The van der Waals surface area contributed by atoms with Gasteiger partial charge in [-0.1, -0.05) is 11.3 Å². The highest BCUT2D eigenvalue weighted by Gasteiger charge is 2.39. The van der Waals surface area contributed by atoms with Gasteiger partial charge in [-0.05, 0) is 29.8 Å². The summed E-state index contributed by atoms with van der Waals surface area (Å²) in [5.74, 6) is 0.0278. The first kappa shape index (κ1) is 10.8. The lowest BCUT2D eigenvalue weighted by Crippen LogP contribution is -2.62. The average molecular weight is 291 g/mol. The van der Waals surface area contributed by atoms with Crippen molar-refractivity contribution in [2.75, 3.05) is 18.0 Å². The Morgan fingerprint density at radius 3 is 2.87 bits per heavy atom. The van der Waals surface area contributed by atoms with Gasteiger partial charge in [-0.25, -0.2) is 0 Å². The zero-order chi connectivity index (χ0) is 11.1. The van der Waals surface area contributed by atoms with Gasteiger partial charge in [0.2, 0.25) is 11.0 Å². The van der Waals surface area contributed by atoms with Crippen molar-refractivity contribution in [3.8, 4) is 0 Å². The second-order valence-electron chi connectivity index (χ2n) is 3.80. The molecule has 7 heteroatoms. The van der Waals surface area contributed by atoms with Gasteiger partial charge < -0.3 is 10.2 Å². The molecule has 0 spiro atoms. The zero-order valence-electron chi connectivity index (χ0n) is 8.45. The molecule has 1 aromatic rings. The van der Waals surface area contributed by atoms with Gasteiger partial charge in [0.15, 0.2) is 3.92 Å². The molecule has 1 N–H and O–H groups in total. The predicted molar refractivity (Wildman–Crippen MR) is 62.0 cm³/mol. The van der Waals surface area contributed by atoms with Crippen LogP contribution in [0.3, 0.4) is 0 Å². The predicted octanol–water partition coefficient (Wildman–Crippen LogP) is 1.02. The lowest BCUT2D eigenvalue weighted by atomic mass is 10.00. The smallest absolute Gasteiger partial charge is 0.245 e. The van der Waals surface area contributed by atoms with Crippen molar-refractivity contribution in [1.82, 2.24) is 15.5 Å². The quantitative estimate of drug-likeness (QED) is 0.839. The summed E-state index contributed by atoms with van der Waals surface area (Å²) in [5, 5.41) is 11.6. The molecule has 1 saturated heterocycles. The second kappa shape index (κ2) is 3.71. The van der Waals surface area contributed by atoms with Gasteiger partial charge in [-0.3, -0.25) is 4.79 Å². The number of nitrogens with one attached hydrogen (secondary N) is 1. The van der Waals surface area contributed by atoms with Gasteiger partial charge in [0.25, 0.3) is 0 Å². The van der Waals surface area contributed by atoms with Gasteiger partial charge in [-0.15, -0.1) is 10.2 Å². The molecule has 82 valence electrons. The molecule has 1 aromatic heterocycles. The molecule has 2 rings (SSSR count). The molecule has 0 aromatic carbocycles. The Kier molecular flexibility index (Phi) is 2.68. The van der Waals surface area contributed by atoms with Crippen LogP contribution >= 0.6 is 27.3 Å². The Bertz CT molecular complexity index is 392. The lowest BCUT2D eigenvalue weighted by molar-refractivity contribution is -0.126. The SMILES string of the molecule is CC1(C)C(=O)NCCN1c1nnc(Br)s1. The number of carbonyl (C=O) groups excluding carboxylic acids is 1. The van der Waals surface area contributed by atoms with Crippen LogP contribution in [0, 0.1) is 0 Å². The molecule has 5 nitrogen and oxygen atoms in total. The van der Waals surface area contributed by atoms with E-state index < -0.39 is 5.54 Å². The first-order valence-corrected chi connectivity index (χ1v) is 6.18. The highest BCUT2D eigenvalue weighted by atomic mass is 79.9. The molecule has 0 radical (unpaired) electrons. The van der Waals surface area contributed by atoms with Gasteiger partial charge in [0.05, 0.1) is 0 Å². The summed E-state index contributed by atoms with van der Waals surface area (Å²) in [6.45, 7) is 5.19. The minimum absolute atomic E-state index is 0.0278. The number of hydrogen-bond acceptors (Lipinski definition) is 5. The molecular formula is C8H11BrN4OS. The Morgan fingerprint density at radius 1 is 1.53 bits per heavy atom. The summed E-state index contributed by atoms with van der Waals surface area (Å²) in [4.78, 5) is 13.7. The van der Waals surface area contributed by atoms with Crippen LogP contribution in [0.15, 0.2) is 3.92 Å². The van der Waals surface area contributed by atoms with Gasteiger partial charge in [-0.2, -0.15) is 0 Å². The van der Waals surface area contributed by atoms with Crippen LogP contribution in [-0.2, 0) is 4.79 Å². The Balaban J connectivity index is 2.31.